The van der Waals surface area contributed by atoms with Crippen molar-refractivity contribution in [1.29, 1.82) is 0 Å². The molecule has 0 amide bonds. The number of rotatable bonds is 3. The summed E-state index contributed by atoms with van der Waals surface area (Å²) in [6.07, 6.45) is 1.61. The van der Waals surface area contributed by atoms with Crippen LogP contribution in [0.1, 0.15) is 12.5 Å². The molecule has 0 aromatic heterocycles. The molecule has 0 saturated heterocycles. The van der Waals surface area contributed by atoms with Crippen LogP contribution < -0.4 is 0 Å². The van der Waals surface area contributed by atoms with Gasteiger partial charge in [0.2, 0.25) is 0 Å². The number of hydrogen-bond donors (Lipinski definition) is 0. The molecule has 1 unspecified atom stereocenters. The highest BCUT2D eigenvalue weighted by molar-refractivity contribution is 7.90. The molecule has 1 aromatic rings. The predicted molar refractivity (Wildman–Crippen MR) is 66.3 cm³/mol. The Morgan fingerprint density at radius 3 is 2.40 bits per heavy atom. The van der Waals surface area contributed by atoms with E-state index in [2.05, 4.69) is 6.58 Å². The zero-order valence-corrected chi connectivity index (χ0v) is 10.4. The summed E-state index contributed by atoms with van der Waals surface area (Å²) in [4.78, 5) is 0.715. The van der Waals surface area contributed by atoms with E-state index in [0.717, 1.165) is 11.1 Å². The van der Waals surface area contributed by atoms with E-state index in [0.29, 0.717) is 9.26 Å². The van der Waals surface area contributed by atoms with Crippen LogP contribution in [0.4, 0.5) is 0 Å². The molecule has 0 fully saturated rings. The van der Waals surface area contributed by atoms with E-state index in [4.69, 9.17) is 11.6 Å². The molecular formula is C12H13ClOS. The Morgan fingerprint density at radius 2 is 1.93 bits per heavy atom. The van der Waals surface area contributed by atoms with Crippen molar-refractivity contribution in [2.45, 2.75) is 18.7 Å². The first-order valence-corrected chi connectivity index (χ1v) is 6.06. The maximum Gasteiger partial charge on any atom is 0.112 e. The van der Waals surface area contributed by atoms with Crippen molar-refractivity contribution in [3.05, 3.63) is 52.4 Å². The van der Waals surface area contributed by atoms with Gasteiger partial charge in [-0.25, -0.2) is 4.21 Å². The molecular weight excluding hydrogens is 228 g/mol. The van der Waals surface area contributed by atoms with Gasteiger partial charge in [-0.1, -0.05) is 42.0 Å². The maximum absolute atomic E-state index is 11.9. The van der Waals surface area contributed by atoms with Gasteiger partial charge >= 0.3 is 0 Å². The first kappa shape index (κ1) is 12.2. The second kappa shape index (κ2) is 5.29. The molecule has 0 spiro atoms. The van der Waals surface area contributed by atoms with E-state index < -0.39 is 10.8 Å². The molecule has 0 aliphatic rings. The summed E-state index contributed by atoms with van der Waals surface area (Å²) < 4.78 is 12.3. The lowest BCUT2D eigenvalue weighted by atomic mass is 10.2. The number of benzene rings is 1. The van der Waals surface area contributed by atoms with Gasteiger partial charge in [0.1, 0.15) is 4.36 Å². The normalized spacial score (nSPS) is 14.3. The maximum atomic E-state index is 11.9. The summed E-state index contributed by atoms with van der Waals surface area (Å²) >= 11 is 5.96. The van der Waals surface area contributed by atoms with Crippen LogP contribution in [0.3, 0.4) is 0 Å². The van der Waals surface area contributed by atoms with E-state index in [9.17, 15) is 4.21 Å². The van der Waals surface area contributed by atoms with Crippen LogP contribution in [-0.4, -0.2) is 4.21 Å². The standard InChI is InChI=1S/C12H13ClOS/c1-4-10(3)12(13)15(14)11-7-5-9(2)6-8-11/h4-8H,1H2,2-3H3/b12-10+. The minimum atomic E-state index is -1.29. The fraction of sp³-hybridized carbons (Fsp3) is 0.167. The largest absolute Gasteiger partial charge is 0.248 e. The Labute approximate surface area is 97.9 Å². The molecule has 1 atom stereocenters. The lowest BCUT2D eigenvalue weighted by Crippen LogP contribution is -1.93. The van der Waals surface area contributed by atoms with Crippen molar-refractivity contribution in [3.8, 4) is 0 Å². The minimum absolute atomic E-state index is 0.342. The fourth-order valence-corrected chi connectivity index (χ4v) is 2.30. The fourth-order valence-electron chi connectivity index (χ4n) is 0.992. The van der Waals surface area contributed by atoms with Crippen LogP contribution in [0.5, 0.6) is 0 Å². The van der Waals surface area contributed by atoms with Crippen molar-refractivity contribution in [1.82, 2.24) is 0 Å². The number of halogens is 1. The zero-order chi connectivity index (χ0) is 11.4. The van der Waals surface area contributed by atoms with Crippen molar-refractivity contribution in [2.24, 2.45) is 0 Å². The molecule has 0 bridgehead atoms. The monoisotopic (exact) mass is 240 g/mol. The summed E-state index contributed by atoms with van der Waals surface area (Å²) in [5, 5.41) is 0. The number of hydrogen-bond acceptors (Lipinski definition) is 1. The molecule has 0 heterocycles. The molecule has 0 N–H and O–H groups in total. The minimum Gasteiger partial charge on any atom is -0.248 e. The molecule has 80 valence electrons. The molecule has 0 radical (unpaired) electrons. The highest BCUT2D eigenvalue weighted by atomic mass is 35.5. The van der Waals surface area contributed by atoms with E-state index in [1.54, 1.807) is 13.0 Å². The average molecular weight is 241 g/mol. The molecule has 1 rings (SSSR count). The first-order chi connectivity index (χ1) is 7.06. The Hall–Kier alpha value is -0.860. The van der Waals surface area contributed by atoms with Crippen LogP contribution in [0.15, 0.2) is 51.8 Å². The third-order valence-electron chi connectivity index (χ3n) is 2.01. The van der Waals surface area contributed by atoms with Gasteiger partial charge in [0.05, 0.1) is 10.8 Å². The van der Waals surface area contributed by atoms with Crippen LogP contribution in [0, 0.1) is 6.92 Å². The van der Waals surface area contributed by atoms with Gasteiger partial charge < -0.3 is 0 Å². The lowest BCUT2D eigenvalue weighted by molar-refractivity contribution is 0.687. The first-order valence-electron chi connectivity index (χ1n) is 4.53. The zero-order valence-electron chi connectivity index (χ0n) is 8.79. The van der Waals surface area contributed by atoms with Crippen molar-refractivity contribution in [2.75, 3.05) is 0 Å². The van der Waals surface area contributed by atoms with Gasteiger partial charge in [0.15, 0.2) is 0 Å². The summed E-state index contributed by atoms with van der Waals surface area (Å²) in [7, 11) is -1.29. The van der Waals surface area contributed by atoms with Crippen LogP contribution >= 0.6 is 11.6 Å². The smallest absolute Gasteiger partial charge is 0.112 e. The average Bonchev–Trinajstić information content (AvgIpc) is 2.27. The van der Waals surface area contributed by atoms with Crippen LogP contribution in [0.2, 0.25) is 0 Å². The highest BCUT2D eigenvalue weighted by Crippen LogP contribution is 2.21. The molecule has 1 nitrogen and oxygen atoms in total. The Kier molecular flexibility index (Phi) is 4.30. The third-order valence-corrected chi connectivity index (χ3v) is 4.08. The second-order valence-electron chi connectivity index (χ2n) is 3.24. The predicted octanol–water partition coefficient (Wildman–Crippen LogP) is 3.76. The Balaban J connectivity index is 3.05. The van der Waals surface area contributed by atoms with E-state index in [1.165, 1.54) is 0 Å². The van der Waals surface area contributed by atoms with Gasteiger partial charge in [-0.2, -0.15) is 0 Å². The third kappa shape index (κ3) is 3.05. The SMILES string of the molecule is C=C/C(C)=C(\Cl)S(=O)c1ccc(C)cc1. The van der Waals surface area contributed by atoms with E-state index in [1.807, 2.05) is 31.2 Å². The van der Waals surface area contributed by atoms with Crippen LogP contribution in [-0.2, 0) is 10.8 Å². The summed E-state index contributed by atoms with van der Waals surface area (Å²) in [6, 6.07) is 7.48. The molecule has 3 heteroatoms. The van der Waals surface area contributed by atoms with E-state index >= 15 is 0 Å². The van der Waals surface area contributed by atoms with Gasteiger partial charge in [-0.15, -0.1) is 0 Å². The number of allylic oxidation sites excluding steroid dienone is 2. The molecule has 15 heavy (non-hydrogen) atoms. The summed E-state index contributed by atoms with van der Waals surface area (Å²) in [5.74, 6) is 0. The lowest BCUT2D eigenvalue weighted by Gasteiger charge is -2.03. The van der Waals surface area contributed by atoms with Gasteiger partial charge in [0, 0.05) is 4.90 Å². The second-order valence-corrected chi connectivity index (χ2v) is 5.26. The van der Waals surface area contributed by atoms with Gasteiger partial charge in [-0.3, -0.25) is 0 Å². The Bertz CT molecular complexity index is 418. The highest BCUT2D eigenvalue weighted by Gasteiger charge is 2.09. The number of aryl methyl sites for hydroxylation is 1. The summed E-state index contributed by atoms with van der Waals surface area (Å²) in [5.41, 5.74) is 1.88. The van der Waals surface area contributed by atoms with Gasteiger partial charge in [0.25, 0.3) is 0 Å². The molecule has 0 saturated carbocycles. The topological polar surface area (TPSA) is 17.1 Å². The Morgan fingerprint density at radius 1 is 1.40 bits per heavy atom. The van der Waals surface area contributed by atoms with Crippen molar-refractivity contribution in [3.63, 3.8) is 0 Å². The molecule has 0 aliphatic heterocycles. The summed E-state index contributed by atoms with van der Waals surface area (Å²) in [6.45, 7) is 7.37. The quantitative estimate of drug-likeness (QED) is 0.736. The van der Waals surface area contributed by atoms with Crippen molar-refractivity contribution < 1.29 is 4.21 Å². The van der Waals surface area contributed by atoms with Gasteiger partial charge in [-0.05, 0) is 31.6 Å². The van der Waals surface area contributed by atoms with E-state index in [-0.39, 0.29) is 0 Å². The molecule has 0 aliphatic carbocycles. The van der Waals surface area contributed by atoms with Crippen LogP contribution in [0.25, 0.3) is 0 Å². The molecule has 1 aromatic carbocycles. The van der Waals surface area contributed by atoms with Crippen molar-refractivity contribution >= 4 is 22.4 Å².